The van der Waals surface area contributed by atoms with Gasteiger partial charge in [-0.15, -0.1) is 0 Å². The lowest BCUT2D eigenvalue weighted by Gasteiger charge is -2.30. The van der Waals surface area contributed by atoms with E-state index in [2.05, 4.69) is 29.3 Å². The van der Waals surface area contributed by atoms with Crippen LogP contribution >= 0.6 is 0 Å². The Morgan fingerprint density at radius 1 is 1.14 bits per heavy atom. The highest BCUT2D eigenvalue weighted by atomic mass is 15.5. The van der Waals surface area contributed by atoms with Gasteiger partial charge in [-0.1, -0.05) is 6.42 Å². The first-order chi connectivity index (χ1) is 6.75. The summed E-state index contributed by atoms with van der Waals surface area (Å²) in [5.41, 5.74) is 3.67. The highest BCUT2D eigenvalue weighted by Crippen LogP contribution is 2.16. The van der Waals surface area contributed by atoms with E-state index in [1.807, 2.05) is 0 Å². The average Bonchev–Trinajstić information content (AvgIpc) is 2.47. The van der Waals surface area contributed by atoms with Crippen molar-refractivity contribution in [2.75, 3.05) is 26.7 Å². The van der Waals surface area contributed by atoms with Crippen LogP contribution in [0.3, 0.4) is 0 Å². The van der Waals surface area contributed by atoms with E-state index >= 15 is 0 Å². The summed E-state index contributed by atoms with van der Waals surface area (Å²) in [5.74, 6) is 0. The Kier molecular flexibility index (Phi) is 3.42. The Labute approximate surface area is 87.4 Å². The van der Waals surface area contributed by atoms with Crippen molar-refractivity contribution in [1.82, 2.24) is 15.3 Å². The highest BCUT2D eigenvalue weighted by Gasteiger charge is 2.27. The maximum Gasteiger partial charge on any atom is 0.0357 e. The van der Waals surface area contributed by atoms with Gasteiger partial charge < -0.3 is 4.90 Å². The molecular formula is C11H23N3. The second-order valence-corrected chi connectivity index (χ2v) is 4.90. The largest absolute Gasteiger partial charge is 0.302 e. The van der Waals surface area contributed by atoms with Gasteiger partial charge in [-0.3, -0.25) is 5.43 Å². The van der Waals surface area contributed by atoms with E-state index in [4.69, 9.17) is 0 Å². The molecule has 3 heteroatoms. The highest BCUT2D eigenvalue weighted by molar-refractivity contribution is 4.84. The maximum atomic E-state index is 3.67. The van der Waals surface area contributed by atoms with Gasteiger partial charge in [0, 0.05) is 31.7 Å². The molecule has 0 aromatic rings. The number of hydrogen-bond donors (Lipinski definition) is 1. The zero-order valence-electron chi connectivity index (χ0n) is 9.50. The molecule has 14 heavy (non-hydrogen) atoms. The van der Waals surface area contributed by atoms with Crippen LogP contribution in [0.15, 0.2) is 0 Å². The van der Waals surface area contributed by atoms with Crippen LogP contribution in [0.1, 0.15) is 32.6 Å². The van der Waals surface area contributed by atoms with Crippen LogP contribution in [-0.2, 0) is 0 Å². The summed E-state index contributed by atoms with van der Waals surface area (Å²) in [4.78, 5) is 2.45. The standard InChI is InChI=1S/C11H23N3/c1-10-8-11(9-13(10)2)12-14-6-4-3-5-7-14/h10-12H,3-9H2,1-2H3. The zero-order valence-corrected chi connectivity index (χ0v) is 9.50. The van der Waals surface area contributed by atoms with Gasteiger partial charge in [0.25, 0.3) is 0 Å². The summed E-state index contributed by atoms with van der Waals surface area (Å²) in [7, 11) is 2.22. The van der Waals surface area contributed by atoms with E-state index in [0.717, 1.165) is 6.04 Å². The summed E-state index contributed by atoms with van der Waals surface area (Å²) in [6.07, 6.45) is 5.45. The third-order valence-corrected chi connectivity index (χ3v) is 3.61. The lowest BCUT2D eigenvalue weighted by Crippen LogP contribution is -2.48. The molecule has 2 saturated heterocycles. The van der Waals surface area contributed by atoms with Crippen molar-refractivity contribution >= 4 is 0 Å². The molecule has 2 heterocycles. The average molecular weight is 197 g/mol. The molecule has 0 aliphatic carbocycles. The molecule has 2 unspecified atom stereocenters. The fourth-order valence-corrected chi connectivity index (χ4v) is 2.57. The van der Waals surface area contributed by atoms with E-state index in [-0.39, 0.29) is 0 Å². The van der Waals surface area contributed by atoms with Gasteiger partial charge in [-0.05, 0) is 33.2 Å². The Bertz CT molecular complexity index is 167. The lowest BCUT2D eigenvalue weighted by molar-refractivity contribution is 0.130. The normalized spacial score (nSPS) is 36.4. The molecule has 1 N–H and O–H groups in total. The number of piperidine rings is 1. The first-order valence-corrected chi connectivity index (χ1v) is 5.97. The molecule has 3 nitrogen and oxygen atoms in total. The Hall–Kier alpha value is -0.120. The quantitative estimate of drug-likeness (QED) is 0.714. The van der Waals surface area contributed by atoms with Crippen molar-refractivity contribution in [1.29, 1.82) is 0 Å². The Balaban J connectivity index is 1.74. The van der Waals surface area contributed by atoms with Gasteiger partial charge in [0.1, 0.15) is 0 Å². The predicted molar refractivity (Wildman–Crippen MR) is 59.1 cm³/mol. The molecule has 2 aliphatic rings. The minimum Gasteiger partial charge on any atom is -0.302 e. The molecule has 0 amide bonds. The molecule has 0 radical (unpaired) electrons. The van der Waals surface area contributed by atoms with Crippen molar-refractivity contribution in [3.05, 3.63) is 0 Å². The van der Waals surface area contributed by atoms with Crippen molar-refractivity contribution in [2.45, 2.75) is 44.7 Å². The van der Waals surface area contributed by atoms with Crippen LogP contribution in [0.4, 0.5) is 0 Å². The maximum absolute atomic E-state index is 3.67. The summed E-state index contributed by atoms with van der Waals surface area (Å²) < 4.78 is 0. The molecule has 2 atom stereocenters. The second kappa shape index (κ2) is 4.60. The SMILES string of the molecule is CC1CC(NN2CCCCC2)CN1C. The summed E-state index contributed by atoms with van der Waals surface area (Å²) in [6.45, 7) is 6.01. The van der Waals surface area contributed by atoms with E-state index in [1.54, 1.807) is 0 Å². The molecule has 0 bridgehead atoms. The van der Waals surface area contributed by atoms with E-state index in [1.165, 1.54) is 45.3 Å². The van der Waals surface area contributed by atoms with E-state index < -0.39 is 0 Å². The van der Waals surface area contributed by atoms with Gasteiger partial charge in [-0.2, -0.15) is 0 Å². The Morgan fingerprint density at radius 2 is 1.86 bits per heavy atom. The minimum atomic E-state index is 0.688. The summed E-state index contributed by atoms with van der Waals surface area (Å²) in [6, 6.07) is 1.44. The van der Waals surface area contributed by atoms with Crippen LogP contribution in [0, 0.1) is 0 Å². The lowest BCUT2D eigenvalue weighted by atomic mass is 10.1. The minimum absolute atomic E-state index is 0.688. The molecule has 2 fully saturated rings. The van der Waals surface area contributed by atoms with Crippen molar-refractivity contribution < 1.29 is 0 Å². The molecule has 0 saturated carbocycles. The molecule has 0 spiro atoms. The number of hydrogen-bond acceptors (Lipinski definition) is 3. The van der Waals surface area contributed by atoms with Crippen LogP contribution in [0.5, 0.6) is 0 Å². The van der Waals surface area contributed by atoms with Crippen LogP contribution in [-0.4, -0.2) is 48.7 Å². The summed E-state index contributed by atoms with van der Waals surface area (Å²) >= 11 is 0. The van der Waals surface area contributed by atoms with Crippen molar-refractivity contribution in [3.8, 4) is 0 Å². The van der Waals surface area contributed by atoms with Crippen LogP contribution in [0.25, 0.3) is 0 Å². The fraction of sp³-hybridized carbons (Fsp3) is 1.00. The topological polar surface area (TPSA) is 18.5 Å². The van der Waals surface area contributed by atoms with E-state index in [0.29, 0.717) is 6.04 Å². The van der Waals surface area contributed by atoms with Crippen molar-refractivity contribution in [2.24, 2.45) is 0 Å². The van der Waals surface area contributed by atoms with Crippen LogP contribution in [0.2, 0.25) is 0 Å². The third kappa shape index (κ3) is 2.47. The number of hydrazine groups is 1. The molecule has 0 aromatic carbocycles. The molecule has 2 rings (SSSR count). The number of likely N-dealkylation sites (tertiary alicyclic amines) is 1. The van der Waals surface area contributed by atoms with Gasteiger partial charge in [0.2, 0.25) is 0 Å². The second-order valence-electron chi connectivity index (χ2n) is 4.90. The number of rotatable bonds is 2. The van der Waals surface area contributed by atoms with Gasteiger partial charge in [0.05, 0.1) is 0 Å². The van der Waals surface area contributed by atoms with Crippen LogP contribution < -0.4 is 5.43 Å². The number of nitrogens with one attached hydrogen (secondary N) is 1. The first kappa shape index (κ1) is 10.4. The third-order valence-electron chi connectivity index (χ3n) is 3.61. The number of nitrogens with zero attached hydrogens (tertiary/aromatic N) is 2. The first-order valence-electron chi connectivity index (χ1n) is 5.97. The Morgan fingerprint density at radius 3 is 2.43 bits per heavy atom. The zero-order chi connectivity index (χ0) is 9.97. The molecule has 82 valence electrons. The van der Waals surface area contributed by atoms with Gasteiger partial charge in [-0.25, -0.2) is 5.01 Å². The van der Waals surface area contributed by atoms with E-state index in [9.17, 15) is 0 Å². The summed E-state index contributed by atoms with van der Waals surface area (Å²) in [5, 5.41) is 2.43. The van der Waals surface area contributed by atoms with Gasteiger partial charge in [0.15, 0.2) is 0 Å². The van der Waals surface area contributed by atoms with Crippen molar-refractivity contribution in [3.63, 3.8) is 0 Å². The molecular weight excluding hydrogens is 174 g/mol. The molecule has 0 aromatic heterocycles. The molecule has 2 aliphatic heterocycles. The monoisotopic (exact) mass is 197 g/mol. The smallest absolute Gasteiger partial charge is 0.0357 e. The fourth-order valence-electron chi connectivity index (χ4n) is 2.57. The predicted octanol–water partition coefficient (Wildman–Crippen LogP) is 1.07. The van der Waals surface area contributed by atoms with Gasteiger partial charge >= 0.3 is 0 Å². The number of likely N-dealkylation sites (N-methyl/N-ethyl adjacent to an activating group) is 1.